The summed E-state index contributed by atoms with van der Waals surface area (Å²) in [5.41, 5.74) is 0.695. The molecule has 1 unspecified atom stereocenters. The number of hydrogen-bond acceptors (Lipinski definition) is 5. The molecule has 1 aromatic rings. The lowest BCUT2D eigenvalue weighted by atomic mass is 10.1. The molecule has 0 amide bonds. The number of benzene rings is 1. The number of carbonyl (C=O) groups excluding carboxylic acids is 1. The summed E-state index contributed by atoms with van der Waals surface area (Å²) < 4.78 is 10.6. The second-order valence-electron chi connectivity index (χ2n) is 5.57. The van der Waals surface area contributed by atoms with Crippen LogP contribution in [0, 0.1) is 0 Å². The number of ketones is 1. The third-order valence-electron chi connectivity index (χ3n) is 4.01. The van der Waals surface area contributed by atoms with Gasteiger partial charge in [0, 0.05) is 31.2 Å². The fraction of sp³-hybridized carbons (Fsp3) is 0.533. The van der Waals surface area contributed by atoms with Crippen LogP contribution in [-0.2, 0) is 0 Å². The second-order valence-corrected chi connectivity index (χ2v) is 5.57. The number of ether oxygens (including phenoxy) is 2. The number of piperazine rings is 1. The Morgan fingerprint density at radius 2 is 2.10 bits per heavy atom. The first-order chi connectivity index (χ1) is 9.63. The van der Waals surface area contributed by atoms with Gasteiger partial charge in [0.25, 0.3) is 0 Å². The van der Waals surface area contributed by atoms with Crippen molar-refractivity contribution < 1.29 is 14.3 Å². The van der Waals surface area contributed by atoms with Gasteiger partial charge in [-0.1, -0.05) is 0 Å². The van der Waals surface area contributed by atoms with Crippen molar-refractivity contribution in [3.63, 3.8) is 0 Å². The number of nitrogens with zero attached hydrogens (tertiary/aromatic N) is 2. The molecule has 0 aliphatic carbocycles. The van der Waals surface area contributed by atoms with Gasteiger partial charge in [0.1, 0.15) is 0 Å². The first-order valence-corrected chi connectivity index (χ1v) is 6.99. The average Bonchev–Trinajstić information content (AvgIpc) is 2.89. The van der Waals surface area contributed by atoms with Crippen molar-refractivity contribution in [3.8, 4) is 11.5 Å². The highest BCUT2D eigenvalue weighted by atomic mass is 16.7. The Hall–Kier alpha value is -1.59. The van der Waals surface area contributed by atoms with Gasteiger partial charge in [-0.05, 0) is 32.2 Å². The predicted molar refractivity (Wildman–Crippen MR) is 75.4 cm³/mol. The molecule has 2 aliphatic rings. The van der Waals surface area contributed by atoms with Gasteiger partial charge < -0.3 is 14.4 Å². The van der Waals surface area contributed by atoms with Crippen LogP contribution in [0.5, 0.6) is 11.5 Å². The van der Waals surface area contributed by atoms with E-state index < -0.39 is 0 Å². The molecule has 108 valence electrons. The molecule has 0 saturated carbocycles. The first-order valence-electron chi connectivity index (χ1n) is 6.99. The van der Waals surface area contributed by atoms with Crippen LogP contribution in [0.3, 0.4) is 0 Å². The Morgan fingerprint density at radius 1 is 1.30 bits per heavy atom. The summed E-state index contributed by atoms with van der Waals surface area (Å²) >= 11 is 0. The van der Waals surface area contributed by atoms with Crippen molar-refractivity contribution in [2.75, 3.05) is 40.0 Å². The van der Waals surface area contributed by atoms with E-state index in [1.54, 1.807) is 6.07 Å². The Bertz CT molecular complexity index is 518. The molecule has 2 aliphatic heterocycles. The third-order valence-corrected chi connectivity index (χ3v) is 4.01. The van der Waals surface area contributed by atoms with E-state index in [9.17, 15) is 4.79 Å². The van der Waals surface area contributed by atoms with Gasteiger partial charge in [-0.15, -0.1) is 0 Å². The van der Waals surface area contributed by atoms with Gasteiger partial charge in [-0.3, -0.25) is 9.69 Å². The van der Waals surface area contributed by atoms with E-state index in [0.717, 1.165) is 25.4 Å². The van der Waals surface area contributed by atoms with Crippen molar-refractivity contribution in [1.29, 1.82) is 0 Å². The maximum absolute atomic E-state index is 12.4. The van der Waals surface area contributed by atoms with Gasteiger partial charge >= 0.3 is 0 Å². The summed E-state index contributed by atoms with van der Waals surface area (Å²) in [4.78, 5) is 16.9. The maximum Gasteiger partial charge on any atom is 0.231 e. The molecule has 0 bridgehead atoms. The zero-order chi connectivity index (χ0) is 14.1. The minimum atomic E-state index is 0.139. The minimum absolute atomic E-state index is 0.139. The van der Waals surface area contributed by atoms with E-state index in [0.29, 0.717) is 23.9 Å². The Labute approximate surface area is 119 Å². The molecule has 20 heavy (non-hydrogen) atoms. The number of hydrogen-bond donors (Lipinski definition) is 0. The number of likely N-dealkylation sites (N-methyl/N-ethyl adjacent to an activating group) is 1. The Kier molecular flexibility index (Phi) is 3.63. The van der Waals surface area contributed by atoms with Crippen LogP contribution in [-0.4, -0.2) is 61.6 Å². The molecule has 1 fully saturated rings. The summed E-state index contributed by atoms with van der Waals surface area (Å²) in [6, 6.07) is 5.82. The standard InChI is InChI=1S/C15H20N2O3/c1-11-8-16(2)5-6-17(11)9-13(18)12-3-4-14-15(7-12)20-10-19-14/h3-4,7,11H,5-6,8-10H2,1-2H3. The van der Waals surface area contributed by atoms with E-state index in [1.807, 2.05) is 12.1 Å². The van der Waals surface area contributed by atoms with Crippen LogP contribution in [0.25, 0.3) is 0 Å². The maximum atomic E-state index is 12.4. The van der Waals surface area contributed by atoms with E-state index in [1.165, 1.54) is 0 Å². The van der Waals surface area contributed by atoms with E-state index >= 15 is 0 Å². The Balaban J connectivity index is 1.67. The van der Waals surface area contributed by atoms with Crippen molar-refractivity contribution in [3.05, 3.63) is 23.8 Å². The molecule has 0 radical (unpaired) electrons. The summed E-state index contributed by atoms with van der Waals surface area (Å²) in [6.45, 7) is 5.83. The number of carbonyl (C=O) groups is 1. The van der Waals surface area contributed by atoms with Gasteiger partial charge in [-0.25, -0.2) is 0 Å². The summed E-state index contributed by atoms with van der Waals surface area (Å²) in [6.07, 6.45) is 0. The van der Waals surface area contributed by atoms with Crippen LogP contribution in [0.4, 0.5) is 0 Å². The van der Waals surface area contributed by atoms with Crippen molar-refractivity contribution in [1.82, 2.24) is 9.80 Å². The number of rotatable bonds is 3. The molecule has 0 spiro atoms. The van der Waals surface area contributed by atoms with Gasteiger partial charge in [0.05, 0.1) is 6.54 Å². The normalized spacial score (nSPS) is 23.0. The smallest absolute Gasteiger partial charge is 0.231 e. The summed E-state index contributed by atoms with van der Waals surface area (Å²) in [7, 11) is 2.12. The molecular formula is C15H20N2O3. The molecule has 5 heteroatoms. The van der Waals surface area contributed by atoms with Crippen LogP contribution in [0.2, 0.25) is 0 Å². The van der Waals surface area contributed by atoms with E-state index in [-0.39, 0.29) is 12.6 Å². The SMILES string of the molecule is CC1CN(C)CCN1CC(=O)c1ccc2c(c1)OCO2. The topological polar surface area (TPSA) is 42.0 Å². The van der Waals surface area contributed by atoms with Crippen molar-refractivity contribution in [2.24, 2.45) is 0 Å². The van der Waals surface area contributed by atoms with E-state index in [4.69, 9.17) is 9.47 Å². The van der Waals surface area contributed by atoms with Crippen molar-refractivity contribution >= 4 is 5.78 Å². The van der Waals surface area contributed by atoms with E-state index in [2.05, 4.69) is 23.8 Å². The molecule has 0 N–H and O–H groups in total. The Morgan fingerprint density at radius 3 is 2.90 bits per heavy atom. The fourth-order valence-corrected chi connectivity index (χ4v) is 2.76. The van der Waals surface area contributed by atoms with Crippen molar-refractivity contribution in [2.45, 2.75) is 13.0 Å². The lowest BCUT2D eigenvalue weighted by molar-refractivity contribution is 0.0747. The molecule has 1 aromatic carbocycles. The monoisotopic (exact) mass is 276 g/mol. The average molecular weight is 276 g/mol. The largest absolute Gasteiger partial charge is 0.454 e. The molecule has 3 rings (SSSR count). The second kappa shape index (κ2) is 5.42. The predicted octanol–water partition coefficient (Wildman–Crippen LogP) is 1.23. The van der Waals surface area contributed by atoms with Crippen LogP contribution >= 0.6 is 0 Å². The quantitative estimate of drug-likeness (QED) is 0.777. The third kappa shape index (κ3) is 2.64. The molecule has 5 nitrogen and oxygen atoms in total. The van der Waals surface area contributed by atoms with Gasteiger partial charge in [0.15, 0.2) is 17.3 Å². The van der Waals surface area contributed by atoms with Gasteiger partial charge in [-0.2, -0.15) is 0 Å². The summed E-state index contributed by atoms with van der Waals surface area (Å²) in [5, 5.41) is 0. The summed E-state index contributed by atoms with van der Waals surface area (Å²) in [5.74, 6) is 1.52. The molecule has 1 saturated heterocycles. The highest BCUT2D eigenvalue weighted by Crippen LogP contribution is 2.32. The van der Waals surface area contributed by atoms with Crippen LogP contribution in [0.15, 0.2) is 18.2 Å². The van der Waals surface area contributed by atoms with Gasteiger partial charge in [0.2, 0.25) is 6.79 Å². The number of fused-ring (bicyclic) bond motifs is 1. The number of Topliss-reactive ketones (excluding diaryl/α,β-unsaturated/α-hetero) is 1. The molecule has 0 aromatic heterocycles. The first kappa shape index (κ1) is 13.4. The van der Waals surface area contributed by atoms with Crippen LogP contribution in [0.1, 0.15) is 17.3 Å². The zero-order valence-electron chi connectivity index (χ0n) is 12.0. The van der Waals surface area contributed by atoms with Crippen LogP contribution < -0.4 is 9.47 Å². The molecular weight excluding hydrogens is 256 g/mol. The zero-order valence-corrected chi connectivity index (χ0v) is 12.0. The minimum Gasteiger partial charge on any atom is -0.454 e. The highest BCUT2D eigenvalue weighted by Gasteiger charge is 2.24. The fourth-order valence-electron chi connectivity index (χ4n) is 2.76. The molecule has 2 heterocycles. The molecule has 1 atom stereocenters. The highest BCUT2D eigenvalue weighted by molar-refractivity contribution is 5.98. The lowest BCUT2D eigenvalue weighted by Gasteiger charge is -2.37. The lowest BCUT2D eigenvalue weighted by Crippen LogP contribution is -2.51.